The topological polar surface area (TPSA) is 237 Å². The van der Waals surface area contributed by atoms with Crippen LogP contribution < -0.4 is 0 Å². The fourth-order valence-electron chi connectivity index (χ4n) is 11.2. The third-order valence-electron chi connectivity index (χ3n) is 17.5. The molecule has 0 radical (unpaired) electrons. The van der Waals surface area contributed by atoms with Crippen molar-refractivity contribution < 1.29 is 80.2 Å². The lowest BCUT2D eigenvalue weighted by molar-refractivity contribution is -0.161. The number of hydrogen-bond donors (Lipinski definition) is 3. The lowest BCUT2D eigenvalue weighted by Gasteiger charge is -2.21. The van der Waals surface area contributed by atoms with E-state index in [1.165, 1.54) is 141 Å². The van der Waals surface area contributed by atoms with Crippen LogP contribution in [0, 0.1) is 0 Å². The van der Waals surface area contributed by atoms with Gasteiger partial charge in [-0.1, -0.05) is 294 Å². The molecule has 0 spiro atoms. The first kappa shape index (κ1) is 96.8. The van der Waals surface area contributed by atoms with Gasteiger partial charge in [0.25, 0.3) is 0 Å². The van der Waals surface area contributed by atoms with Crippen molar-refractivity contribution in [2.45, 2.75) is 393 Å². The minimum absolute atomic E-state index is 0.0793. The van der Waals surface area contributed by atoms with E-state index in [9.17, 15) is 43.2 Å². The zero-order valence-corrected chi connectivity index (χ0v) is 65.7. The molecule has 17 nitrogen and oxygen atoms in total. The van der Waals surface area contributed by atoms with Gasteiger partial charge in [-0.2, -0.15) is 0 Å². The highest BCUT2D eigenvalue weighted by atomic mass is 31.2. The first-order valence-electron chi connectivity index (χ1n) is 40.5. The minimum Gasteiger partial charge on any atom is -0.462 e. The Morgan fingerprint density at radius 3 is 0.770 bits per heavy atom. The van der Waals surface area contributed by atoms with Crippen molar-refractivity contribution in [3.05, 3.63) is 60.8 Å². The maximum atomic E-state index is 13.1. The Morgan fingerprint density at radius 1 is 0.280 bits per heavy atom. The van der Waals surface area contributed by atoms with Gasteiger partial charge in [-0.3, -0.25) is 37.3 Å². The number of hydrogen-bond acceptors (Lipinski definition) is 15. The summed E-state index contributed by atoms with van der Waals surface area (Å²) in [6.45, 7) is 4.85. The summed E-state index contributed by atoms with van der Waals surface area (Å²) in [5.41, 5.74) is 0. The zero-order valence-electron chi connectivity index (χ0n) is 63.9. The van der Waals surface area contributed by atoms with Crippen LogP contribution in [0.5, 0.6) is 0 Å². The molecule has 584 valence electrons. The molecule has 0 aliphatic carbocycles. The third kappa shape index (κ3) is 73.1. The number of ether oxygens (including phenoxy) is 4. The molecule has 0 rings (SSSR count). The van der Waals surface area contributed by atoms with Gasteiger partial charge in [0.2, 0.25) is 0 Å². The normalized spacial score (nSPS) is 14.2. The summed E-state index contributed by atoms with van der Waals surface area (Å²) in [4.78, 5) is 73.0. The Labute approximate surface area is 610 Å². The molecule has 0 aromatic carbocycles. The molecule has 2 unspecified atom stereocenters. The Kier molecular flexibility index (Phi) is 71.6. The quantitative estimate of drug-likeness (QED) is 0.0169. The van der Waals surface area contributed by atoms with E-state index in [1.807, 2.05) is 0 Å². The standard InChI is InChI=1S/C81H148O17P2/c1-5-9-13-17-21-25-29-33-37-41-45-49-53-57-61-65-78(83)91-71-76(97-80(85)67-63-59-55-51-47-43-39-35-31-27-23-19-15-11-7-3)73-95-99(87,88)93-69-75(82)70-94-100(89,90)96-74-77(98-81(86)68-64-60-56-52-48-44-40-36-32-28-24-20-16-12-8-4)72-92-79(84)66-62-58-54-50-46-42-38-34-30-26-22-18-14-10-6-2/h21,23,25,27,33-35,37-39,75-77,82H,5-20,22,24,26,28-32,36,40-74H2,1-4H3,(H,87,88)(H,89,90)/b25-21-,27-23-,37-33-,38-34-,39-35-/t75-,76+,77+/m0/s1. The molecule has 5 atom stereocenters. The smallest absolute Gasteiger partial charge is 0.462 e. The van der Waals surface area contributed by atoms with Gasteiger partial charge in [-0.25, -0.2) is 9.13 Å². The summed E-state index contributed by atoms with van der Waals surface area (Å²) in [7, 11) is -9.95. The van der Waals surface area contributed by atoms with Crippen molar-refractivity contribution in [1.29, 1.82) is 0 Å². The van der Waals surface area contributed by atoms with Crippen LogP contribution in [0.1, 0.15) is 374 Å². The van der Waals surface area contributed by atoms with Crippen molar-refractivity contribution >= 4 is 39.5 Å². The van der Waals surface area contributed by atoms with Crippen molar-refractivity contribution in [3.63, 3.8) is 0 Å². The first-order chi connectivity index (χ1) is 48.7. The van der Waals surface area contributed by atoms with Gasteiger partial charge in [0.05, 0.1) is 26.4 Å². The zero-order chi connectivity index (χ0) is 73.2. The number of phosphoric acid groups is 2. The van der Waals surface area contributed by atoms with E-state index in [0.717, 1.165) is 154 Å². The van der Waals surface area contributed by atoms with Crippen LogP contribution >= 0.6 is 15.6 Å². The number of carbonyl (C=O) groups excluding carboxylic acids is 4. The maximum Gasteiger partial charge on any atom is 0.472 e. The van der Waals surface area contributed by atoms with Crippen LogP contribution in [0.15, 0.2) is 60.8 Å². The van der Waals surface area contributed by atoms with E-state index in [4.69, 9.17) is 37.0 Å². The molecule has 0 aromatic rings. The molecule has 0 aliphatic rings. The van der Waals surface area contributed by atoms with Gasteiger partial charge >= 0.3 is 39.5 Å². The second kappa shape index (κ2) is 74.0. The molecule has 100 heavy (non-hydrogen) atoms. The van der Waals surface area contributed by atoms with Gasteiger partial charge in [0.1, 0.15) is 19.3 Å². The van der Waals surface area contributed by atoms with Crippen LogP contribution in [-0.2, 0) is 65.4 Å². The number of aliphatic hydroxyl groups excluding tert-OH is 1. The van der Waals surface area contributed by atoms with Crippen molar-refractivity contribution in [1.82, 2.24) is 0 Å². The maximum absolute atomic E-state index is 13.1. The summed E-state index contributed by atoms with van der Waals surface area (Å²) in [6, 6.07) is 0. The molecule has 0 heterocycles. The molecule has 19 heteroatoms. The number of esters is 4. The predicted molar refractivity (Wildman–Crippen MR) is 409 cm³/mol. The molecule has 3 N–H and O–H groups in total. The highest BCUT2D eigenvalue weighted by molar-refractivity contribution is 7.47. The molecule has 0 aromatic heterocycles. The summed E-state index contributed by atoms with van der Waals surface area (Å²) < 4.78 is 68.6. The summed E-state index contributed by atoms with van der Waals surface area (Å²) >= 11 is 0. The second-order valence-corrected chi connectivity index (χ2v) is 30.3. The van der Waals surface area contributed by atoms with Gasteiger partial charge in [0, 0.05) is 25.7 Å². The molecule has 0 saturated heterocycles. The van der Waals surface area contributed by atoms with Crippen LogP contribution in [-0.4, -0.2) is 96.7 Å². The predicted octanol–water partition coefficient (Wildman–Crippen LogP) is 23.5. The number of allylic oxidation sites excluding steroid dienone is 10. The number of carbonyl (C=O) groups is 4. The minimum atomic E-state index is -4.98. The summed E-state index contributed by atoms with van der Waals surface area (Å²) in [5.74, 6) is -2.18. The van der Waals surface area contributed by atoms with Crippen LogP contribution in [0.4, 0.5) is 0 Å². The van der Waals surface area contributed by atoms with E-state index in [-0.39, 0.29) is 25.7 Å². The SMILES string of the molecule is CCCCC/C=C\C/C=C\CCCCCCCC(=O)OC[C@H](COP(=O)(O)OC[C@H](O)COP(=O)(O)OC[C@@H](COC(=O)CCCCCCC/C=C\CCCCCCCC)OC(=O)CCCCCCCCCCCCCCCCC)OC(=O)CCCCCCC/C=C\C/C=C\CCCCC. The second-order valence-electron chi connectivity index (χ2n) is 27.4. The first-order valence-corrected chi connectivity index (χ1v) is 43.5. The monoisotopic (exact) mass is 1460 g/mol. The fourth-order valence-corrected chi connectivity index (χ4v) is 12.8. The lowest BCUT2D eigenvalue weighted by Crippen LogP contribution is -2.30. The van der Waals surface area contributed by atoms with Crippen molar-refractivity contribution in [3.8, 4) is 0 Å². The average Bonchev–Trinajstić information content (AvgIpc) is 1.01. The van der Waals surface area contributed by atoms with E-state index in [1.54, 1.807) is 0 Å². The van der Waals surface area contributed by atoms with E-state index in [2.05, 4.69) is 88.5 Å². The fraction of sp³-hybridized carbons (Fsp3) is 0.827. The van der Waals surface area contributed by atoms with Crippen molar-refractivity contribution in [2.24, 2.45) is 0 Å². The van der Waals surface area contributed by atoms with E-state index >= 15 is 0 Å². The molecular weight excluding hydrogens is 1310 g/mol. The number of aliphatic hydroxyl groups is 1. The third-order valence-corrected chi connectivity index (χ3v) is 19.4. The Morgan fingerprint density at radius 2 is 0.490 bits per heavy atom. The van der Waals surface area contributed by atoms with Crippen LogP contribution in [0.3, 0.4) is 0 Å². The van der Waals surface area contributed by atoms with Crippen LogP contribution in [0.2, 0.25) is 0 Å². The molecule has 0 bridgehead atoms. The molecule has 0 saturated carbocycles. The number of phosphoric ester groups is 2. The molecule has 0 aliphatic heterocycles. The van der Waals surface area contributed by atoms with Gasteiger partial charge < -0.3 is 33.8 Å². The summed E-state index contributed by atoms with van der Waals surface area (Å²) in [6.07, 6.45) is 73.3. The molecular formula is C81H148O17P2. The Hall–Kier alpha value is -3.24. The highest BCUT2D eigenvalue weighted by Gasteiger charge is 2.30. The van der Waals surface area contributed by atoms with Crippen molar-refractivity contribution in [2.75, 3.05) is 39.6 Å². The number of unbranched alkanes of at least 4 members (excludes halogenated alkanes) is 41. The Balaban J connectivity index is 5.35. The lowest BCUT2D eigenvalue weighted by atomic mass is 10.0. The average molecular weight is 1460 g/mol. The summed E-state index contributed by atoms with van der Waals surface area (Å²) in [5, 5.41) is 10.6. The Bertz CT molecular complexity index is 2130. The van der Waals surface area contributed by atoms with Gasteiger partial charge in [-0.15, -0.1) is 0 Å². The van der Waals surface area contributed by atoms with Gasteiger partial charge in [-0.05, 0) is 116 Å². The van der Waals surface area contributed by atoms with Crippen LogP contribution in [0.25, 0.3) is 0 Å². The highest BCUT2D eigenvalue weighted by Crippen LogP contribution is 2.45. The molecule has 0 amide bonds. The van der Waals surface area contributed by atoms with E-state index in [0.29, 0.717) is 25.7 Å². The largest absolute Gasteiger partial charge is 0.472 e. The molecule has 0 fully saturated rings. The van der Waals surface area contributed by atoms with E-state index < -0.39 is 97.5 Å². The van der Waals surface area contributed by atoms with Gasteiger partial charge in [0.15, 0.2) is 12.2 Å². The number of rotatable bonds is 77.